The summed E-state index contributed by atoms with van der Waals surface area (Å²) in [7, 11) is -3.69. The van der Waals surface area contributed by atoms with Gasteiger partial charge in [-0.15, -0.1) is 0 Å². The number of sulfonamides is 1. The molecule has 1 aromatic rings. The van der Waals surface area contributed by atoms with Crippen molar-refractivity contribution in [2.45, 2.75) is 50.5 Å². The molecular weight excluding hydrogens is 314 g/mol. The number of carboxylic acids is 1. The highest BCUT2D eigenvalue weighted by Crippen LogP contribution is 2.21. The molecule has 1 unspecified atom stereocenters. The molecule has 0 aromatic heterocycles. The Morgan fingerprint density at radius 3 is 2.57 bits per heavy atom. The van der Waals surface area contributed by atoms with Gasteiger partial charge in [-0.25, -0.2) is 17.9 Å². The number of halogens is 1. The molecule has 0 aliphatic rings. The van der Waals surface area contributed by atoms with Crippen LogP contribution in [0.15, 0.2) is 23.1 Å². The van der Waals surface area contributed by atoms with Crippen LogP contribution in [0.3, 0.4) is 0 Å². The zero-order valence-electron chi connectivity index (χ0n) is 12.1. The Hall–Kier alpha value is -1.11. The molecule has 0 fully saturated rings. The summed E-state index contributed by atoms with van der Waals surface area (Å²) in [6.45, 7) is 3.89. The first-order valence-electron chi connectivity index (χ1n) is 6.83. The van der Waals surface area contributed by atoms with E-state index in [9.17, 15) is 13.2 Å². The molecule has 118 valence electrons. The van der Waals surface area contributed by atoms with Crippen LogP contribution < -0.4 is 4.72 Å². The number of rotatable bonds is 8. The summed E-state index contributed by atoms with van der Waals surface area (Å²) in [4.78, 5) is 10.8. The van der Waals surface area contributed by atoms with Gasteiger partial charge in [0.1, 0.15) is 0 Å². The van der Waals surface area contributed by atoms with Crippen molar-refractivity contribution < 1.29 is 18.3 Å². The minimum Gasteiger partial charge on any atom is -0.478 e. The first-order valence-corrected chi connectivity index (χ1v) is 8.69. The van der Waals surface area contributed by atoms with E-state index >= 15 is 0 Å². The molecular formula is C14H20ClNO4S. The summed E-state index contributed by atoms with van der Waals surface area (Å²) in [5, 5.41) is 8.78. The largest absolute Gasteiger partial charge is 0.478 e. The summed E-state index contributed by atoms with van der Waals surface area (Å²) < 4.78 is 27.0. The van der Waals surface area contributed by atoms with Crippen molar-refractivity contribution in [1.82, 2.24) is 4.72 Å². The summed E-state index contributed by atoms with van der Waals surface area (Å²) in [5.41, 5.74) is -0.119. The topological polar surface area (TPSA) is 83.5 Å². The third-order valence-electron chi connectivity index (χ3n) is 3.08. The van der Waals surface area contributed by atoms with Crippen molar-refractivity contribution in [2.75, 3.05) is 0 Å². The summed E-state index contributed by atoms with van der Waals surface area (Å²) in [6, 6.07) is 3.42. The second-order valence-corrected chi connectivity index (χ2v) is 7.09. The van der Waals surface area contributed by atoms with Crippen LogP contribution in [-0.2, 0) is 10.0 Å². The number of benzene rings is 1. The Balaban J connectivity index is 2.83. The minimum atomic E-state index is -3.69. The number of carboxylic acid groups (broad SMARTS) is 1. The average Bonchev–Trinajstić information content (AvgIpc) is 2.37. The maximum Gasteiger partial charge on any atom is 0.337 e. The van der Waals surface area contributed by atoms with Gasteiger partial charge in [-0.05, 0) is 31.5 Å². The van der Waals surface area contributed by atoms with Gasteiger partial charge in [0.25, 0.3) is 0 Å². The van der Waals surface area contributed by atoms with Gasteiger partial charge in [0.15, 0.2) is 0 Å². The van der Waals surface area contributed by atoms with Crippen LogP contribution in [-0.4, -0.2) is 25.5 Å². The number of aromatic carboxylic acids is 1. The molecule has 1 atom stereocenters. The van der Waals surface area contributed by atoms with Gasteiger partial charge >= 0.3 is 5.97 Å². The Morgan fingerprint density at radius 2 is 2.05 bits per heavy atom. The highest BCUT2D eigenvalue weighted by atomic mass is 35.5. The molecule has 0 spiro atoms. The number of hydrogen-bond donors (Lipinski definition) is 2. The second-order valence-electron chi connectivity index (χ2n) is 4.96. The maximum absolute atomic E-state index is 12.2. The molecule has 0 heterocycles. The fourth-order valence-corrected chi connectivity index (χ4v) is 3.56. The first kappa shape index (κ1) is 17.9. The van der Waals surface area contributed by atoms with E-state index in [-0.39, 0.29) is 21.5 Å². The van der Waals surface area contributed by atoms with Gasteiger partial charge in [-0.1, -0.05) is 37.8 Å². The van der Waals surface area contributed by atoms with Crippen molar-refractivity contribution >= 4 is 27.6 Å². The van der Waals surface area contributed by atoms with Crippen LogP contribution in [0.1, 0.15) is 49.9 Å². The van der Waals surface area contributed by atoms with Crippen LogP contribution >= 0.6 is 11.6 Å². The molecule has 1 rings (SSSR count). The van der Waals surface area contributed by atoms with Crippen LogP contribution in [0.25, 0.3) is 0 Å². The lowest BCUT2D eigenvalue weighted by Crippen LogP contribution is -2.32. The third kappa shape index (κ3) is 5.30. The zero-order valence-corrected chi connectivity index (χ0v) is 13.7. The predicted molar refractivity (Wildman–Crippen MR) is 82.3 cm³/mol. The number of hydrogen-bond acceptors (Lipinski definition) is 3. The molecule has 0 aliphatic carbocycles. The van der Waals surface area contributed by atoms with Gasteiger partial charge in [-0.3, -0.25) is 0 Å². The van der Waals surface area contributed by atoms with Gasteiger partial charge in [-0.2, -0.15) is 0 Å². The Bertz CT molecular complexity index is 601. The molecule has 0 aliphatic heterocycles. The van der Waals surface area contributed by atoms with E-state index in [1.807, 2.05) is 0 Å². The Morgan fingerprint density at radius 1 is 1.38 bits per heavy atom. The van der Waals surface area contributed by atoms with Gasteiger partial charge in [0.2, 0.25) is 10.0 Å². The number of nitrogens with one attached hydrogen (secondary N) is 1. The molecule has 1 aromatic carbocycles. The van der Waals surface area contributed by atoms with E-state index in [0.29, 0.717) is 0 Å². The molecule has 0 saturated carbocycles. The molecule has 0 bridgehead atoms. The van der Waals surface area contributed by atoms with Crippen LogP contribution in [0.5, 0.6) is 0 Å². The lowest BCUT2D eigenvalue weighted by Gasteiger charge is -2.14. The average molecular weight is 334 g/mol. The van der Waals surface area contributed by atoms with Crippen molar-refractivity contribution in [3.05, 3.63) is 28.8 Å². The van der Waals surface area contributed by atoms with E-state index in [0.717, 1.165) is 31.7 Å². The van der Waals surface area contributed by atoms with Crippen molar-refractivity contribution in [3.8, 4) is 0 Å². The van der Waals surface area contributed by atoms with Crippen molar-refractivity contribution in [2.24, 2.45) is 0 Å². The number of carbonyl (C=O) groups is 1. The zero-order chi connectivity index (χ0) is 16.0. The molecule has 2 N–H and O–H groups in total. The standard InChI is InChI=1S/C14H20ClNO4S/c1-3-4-5-6-10(2)16-21(19,20)11-7-8-12(14(17)18)13(15)9-11/h7-10,16H,3-6H2,1-2H3,(H,17,18). The fraction of sp³-hybridized carbons (Fsp3) is 0.500. The Labute approximate surface area is 130 Å². The van der Waals surface area contributed by atoms with Crippen LogP contribution in [0, 0.1) is 0 Å². The van der Waals surface area contributed by atoms with E-state index in [2.05, 4.69) is 11.6 Å². The molecule has 0 amide bonds. The van der Waals surface area contributed by atoms with Crippen LogP contribution in [0.4, 0.5) is 0 Å². The lowest BCUT2D eigenvalue weighted by molar-refractivity contribution is 0.0697. The quantitative estimate of drug-likeness (QED) is 0.715. The van der Waals surface area contributed by atoms with Gasteiger partial charge in [0, 0.05) is 6.04 Å². The predicted octanol–water partition coefficient (Wildman–Crippen LogP) is 3.29. The van der Waals surface area contributed by atoms with Gasteiger partial charge in [0.05, 0.1) is 15.5 Å². The van der Waals surface area contributed by atoms with E-state index in [1.54, 1.807) is 6.92 Å². The van der Waals surface area contributed by atoms with E-state index in [1.165, 1.54) is 12.1 Å². The first-order chi connectivity index (χ1) is 9.77. The third-order valence-corrected chi connectivity index (χ3v) is 4.98. The summed E-state index contributed by atoms with van der Waals surface area (Å²) in [5.74, 6) is -1.19. The normalized spacial score (nSPS) is 13.1. The number of unbranched alkanes of at least 4 members (excludes halogenated alkanes) is 2. The van der Waals surface area contributed by atoms with Crippen molar-refractivity contribution in [1.29, 1.82) is 0 Å². The molecule has 21 heavy (non-hydrogen) atoms. The van der Waals surface area contributed by atoms with Crippen LogP contribution in [0.2, 0.25) is 5.02 Å². The fourth-order valence-electron chi connectivity index (χ4n) is 1.93. The monoisotopic (exact) mass is 333 g/mol. The SMILES string of the molecule is CCCCCC(C)NS(=O)(=O)c1ccc(C(=O)O)c(Cl)c1. The summed E-state index contributed by atoms with van der Waals surface area (Å²) >= 11 is 5.80. The Kier molecular flexibility index (Phi) is 6.64. The maximum atomic E-state index is 12.2. The molecule has 0 radical (unpaired) electrons. The molecule has 7 heteroatoms. The van der Waals surface area contributed by atoms with E-state index < -0.39 is 16.0 Å². The smallest absolute Gasteiger partial charge is 0.337 e. The molecule has 0 saturated heterocycles. The highest BCUT2D eigenvalue weighted by molar-refractivity contribution is 7.89. The van der Waals surface area contributed by atoms with Crippen molar-refractivity contribution in [3.63, 3.8) is 0 Å². The highest BCUT2D eigenvalue weighted by Gasteiger charge is 2.19. The second kappa shape index (κ2) is 7.77. The van der Waals surface area contributed by atoms with Gasteiger partial charge < -0.3 is 5.11 Å². The molecule has 5 nitrogen and oxygen atoms in total. The minimum absolute atomic E-state index is 0.0279. The lowest BCUT2D eigenvalue weighted by atomic mass is 10.1. The summed E-state index contributed by atoms with van der Waals surface area (Å²) in [6.07, 6.45) is 3.85. The van der Waals surface area contributed by atoms with E-state index in [4.69, 9.17) is 16.7 Å².